The van der Waals surface area contributed by atoms with E-state index in [9.17, 15) is 14.4 Å². The van der Waals surface area contributed by atoms with E-state index in [0.717, 1.165) is 4.90 Å². The van der Waals surface area contributed by atoms with Crippen molar-refractivity contribution in [1.82, 2.24) is 0 Å². The highest BCUT2D eigenvalue weighted by molar-refractivity contribution is 9.10. The summed E-state index contributed by atoms with van der Waals surface area (Å²) in [5.41, 5.74) is 0.721. The number of amides is 2. The van der Waals surface area contributed by atoms with Gasteiger partial charge >= 0.3 is 5.97 Å². The molecule has 0 saturated carbocycles. The van der Waals surface area contributed by atoms with Gasteiger partial charge in [0.05, 0.1) is 29.5 Å². The second-order valence-corrected chi connectivity index (χ2v) is 6.06. The second kappa shape index (κ2) is 5.79. The molecule has 0 bridgehead atoms. The van der Waals surface area contributed by atoms with E-state index >= 15 is 0 Å². The van der Waals surface area contributed by atoms with Crippen LogP contribution in [-0.4, -0.2) is 24.9 Å². The number of benzene rings is 2. The molecule has 0 fully saturated rings. The fourth-order valence-corrected chi connectivity index (χ4v) is 3.44. The van der Waals surface area contributed by atoms with Gasteiger partial charge in [-0.3, -0.25) is 9.59 Å². The summed E-state index contributed by atoms with van der Waals surface area (Å²) in [7, 11) is 1.21. The molecule has 2 aromatic carbocycles. The summed E-state index contributed by atoms with van der Waals surface area (Å²) in [6.45, 7) is 0. The van der Waals surface area contributed by atoms with Gasteiger partial charge in [0.1, 0.15) is 0 Å². The van der Waals surface area contributed by atoms with E-state index in [1.165, 1.54) is 19.2 Å². The van der Waals surface area contributed by atoms with E-state index in [1.807, 2.05) is 0 Å². The number of rotatable bonds is 2. The maximum Gasteiger partial charge on any atom is 0.340 e. The normalized spacial score (nSPS) is 13.3. The van der Waals surface area contributed by atoms with Crippen molar-refractivity contribution in [1.29, 1.82) is 0 Å². The van der Waals surface area contributed by atoms with Gasteiger partial charge in [0, 0.05) is 9.50 Å². The summed E-state index contributed by atoms with van der Waals surface area (Å²) in [6, 6.07) is 9.34. The molecule has 1 aliphatic rings. The van der Waals surface area contributed by atoms with Crippen LogP contribution in [0.5, 0.6) is 0 Å². The summed E-state index contributed by atoms with van der Waals surface area (Å²) < 4.78 is 5.07. The van der Waals surface area contributed by atoms with Crippen LogP contribution in [-0.2, 0) is 4.74 Å². The minimum absolute atomic E-state index is 0.0291. The topological polar surface area (TPSA) is 63.7 Å². The van der Waals surface area contributed by atoms with E-state index in [-0.39, 0.29) is 27.4 Å². The maximum atomic E-state index is 12.6. The van der Waals surface area contributed by atoms with Crippen LogP contribution >= 0.6 is 27.5 Å². The molecule has 0 saturated heterocycles. The highest BCUT2D eigenvalue weighted by Crippen LogP contribution is 2.38. The molecule has 2 amide bonds. The fourth-order valence-electron chi connectivity index (χ4n) is 2.45. The largest absolute Gasteiger partial charge is 0.465 e. The number of nitrogens with zero attached hydrogens (tertiary/aromatic N) is 1. The van der Waals surface area contributed by atoms with Crippen molar-refractivity contribution in [2.45, 2.75) is 0 Å². The van der Waals surface area contributed by atoms with E-state index in [2.05, 4.69) is 15.9 Å². The highest BCUT2D eigenvalue weighted by Gasteiger charge is 2.39. The smallest absolute Gasteiger partial charge is 0.340 e. The number of anilines is 1. The average Bonchev–Trinajstić information content (AvgIpc) is 2.78. The summed E-state index contributed by atoms with van der Waals surface area (Å²) in [5, 5.41) is 0.276. The van der Waals surface area contributed by atoms with Crippen LogP contribution < -0.4 is 4.90 Å². The van der Waals surface area contributed by atoms with Crippen LogP contribution in [0, 0.1) is 0 Å². The summed E-state index contributed by atoms with van der Waals surface area (Å²) in [5.74, 6) is -1.70. The number of halogens is 2. The molecular formula is C16H9BrClNO4. The van der Waals surface area contributed by atoms with Crippen LogP contribution in [0.2, 0.25) is 5.02 Å². The molecule has 0 N–H and O–H groups in total. The molecule has 0 aromatic heterocycles. The molecule has 1 heterocycles. The maximum absolute atomic E-state index is 12.6. The van der Waals surface area contributed by atoms with Gasteiger partial charge in [0.25, 0.3) is 11.8 Å². The van der Waals surface area contributed by atoms with Crippen molar-refractivity contribution in [3.8, 4) is 0 Å². The zero-order valence-corrected chi connectivity index (χ0v) is 14.1. The Morgan fingerprint density at radius 1 is 1.13 bits per heavy atom. The first-order chi connectivity index (χ1) is 11.0. The lowest BCUT2D eigenvalue weighted by Crippen LogP contribution is -2.31. The molecule has 1 aliphatic heterocycles. The monoisotopic (exact) mass is 393 g/mol. The van der Waals surface area contributed by atoms with Crippen LogP contribution in [0.4, 0.5) is 5.69 Å². The van der Waals surface area contributed by atoms with Crippen molar-refractivity contribution >= 4 is 51.0 Å². The summed E-state index contributed by atoms with van der Waals surface area (Å²) in [6.07, 6.45) is 0. The van der Waals surface area contributed by atoms with E-state index < -0.39 is 17.8 Å². The SMILES string of the molecule is COC(=O)c1cc(Cl)cc(Br)c1N1C(=O)c2ccccc2C1=O. The van der Waals surface area contributed by atoms with Crippen LogP contribution in [0.15, 0.2) is 40.9 Å². The Labute approximate surface area is 144 Å². The first-order valence-electron chi connectivity index (χ1n) is 6.51. The minimum Gasteiger partial charge on any atom is -0.465 e. The lowest BCUT2D eigenvalue weighted by molar-refractivity contribution is 0.0601. The molecular weight excluding hydrogens is 386 g/mol. The number of hydrogen-bond donors (Lipinski definition) is 0. The third-order valence-electron chi connectivity index (χ3n) is 3.45. The average molecular weight is 395 g/mol. The van der Waals surface area contributed by atoms with Crippen molar-refractivity contribution < 1.29 is 19.1 Å². The van der Waals surface area contributed by atoms with E-state index in [1.54, 1.807) is 24.3 Å². The summed E-state index contributed by atoms with van der Waals surface area (Å²) in [4.78, 5) is 38.2. The molecule has 5 nitrogen and oxygen atoms in total. The predicted octanol–water partition coefficient (Wildman–Crippen LogP) is 3.69. The molecule has 0 radical (unpaired) electrons. The Morgan fingerprint density at radius 3 is 2.22 bits per heavy atom. The van der Waals surface area contributed by atoms with Crippen molar-refractivity contribution in [2.24, 2.45) is 0 Å². The van der Waals surface area contributed by atoms with Crippen LogP contribution in [0.25, 0.3) is 0 Å². The Morgan fingerprint density at radius 2 is 1.70 bits per heavy atom. The zero-order chi connectivity index (χ0) is 16.7. The third-order valence-corrected chi connectivity index (χ3v) is 4.27. The first kappa shape index (κ1) is 15.7. The number of methoxy groups -OCH3 is 1. The van der Waals surface area contributed by atoms with Gasteiger partial charge < -0.3 is 4.74 Å². The molecule has 0 aliphatic carbocycles. The van der Waals surface area contributed by atoms with Crippen LogP contribution in [0.1, 0.15) is 31.1 Å². The minimum atomic E-state index is -0.695. The number of fused-ring (bicyclic) bond motifs is 1. The number of ether oxygens (including phenoxy) is 1. The standard InChI is InChI=1S/C16H9BrClNO4/c1-23-16(22)11-6-8(18)7-12(17)13(11)19-14(20)9-4-2-3-5-10(9)15(19)21/h2-7H,1H3. The molecule has 2 aromatic rings. The molecule has 0 unspecified atom stereocenters. The Hall–Kier alpha value is -2.18. The fraction of sp³-hybridized carbons (Fsp3) is 0.0625. The summed E-state index contributed by atoms with van der Waals surface area (Å²) >= 11 is 9.23. The van der Waals surface area contributed by atoms with E-state index in [0.29, 0.717) is 4.47 Å². The quantitative estimate of drug-likeness (QED) is 0.576. The van der Waals surface area contributed by atoms with Gasteiger partial charge in [0.2, 0.25) is 0 Å². The molecule has 0 atom stereocenters. The number of hydrogen-bond acceptors (Lipinski definition) is 4. The van der Waals surface area contributed by atoms with E-state index in [4.69, 9.17) is 16.3 Å². The van der Waals surface area contributed by atoms with Crippen molar-refractivity contribution in [3.05, 3.63) is 62.6 Å². The van der Waals surface area contributed by atoms with Gasteiger partial charge in [-0.25, -0.2) is 9.69 Å². The number of carbonyl (C=O) groups excluding carboxylic acids is 3. The molecule has 23 heavy (non-hydrogen) atoms. The van der Waals surface area contributed by atoms with Crippen molar-refractivity contribution in [3.63, 3.8) is 0 Å². The van der Waals surface area contributed by atoms with Gasteiger partial charge in [-0.15, -0.1) is 0 Å². The molecule has 3 rings (SSSR count). The van der Waals surface area contributed by atoms with Crippen molar-refractivity contribution in [2.75, 3.05) is 12.0 Å². The molecule has 0 spiro atoms. The van der Waals surface area contributed by atoms with Gasteiger partial charge in [-0.2, -0.15) is 0 Å². The Balaban J connectivity index is 2.23. The second-order valence-electron chi connectivity index (χ2n) is 4.77. The van der Waals surface area contributed by atoms with Gasteiger partial charge in [-0.05, 0) is 40.2 Å². The zero-order valence-electron chi connectivity index (χ0n) is 11.8. The number of carbonyl (C=O) groups is 3. The molecule has 7 heteroatoms. The highest BCUT2D eigenvalue weighted by atomic mass is 79.9. The lowest BCUT2D eigenvalue weighted by Gasteiger charge is -2.19. The first-order valence-corrected chi connectivity index (χ1v) is 7.68. The van der Waals surface area contributed by atoms with Gasteiger partial charge in [-0.1, -0.05) is 23.7 Å². The lowest BCUT2D eigenvalue weighted by atomic mass is 10.1. The predicted molar refractivity (Wildman–Crippen MR) is 88.1 cm³/mol. The number of imide groups is 1. The third kappa shape index (κ3) is 2.44. The van der Waals surface area contributed by atoms with Crippen LogP contribution in [0.3, 0.4) is 0 Å². The Bertz CT molecular complexity index is 830. The molecule has 116 valence electrons. The Kier molecular flexibility index (Phi) is 3.95. The van der Waals surface area contributed by atoms with Gasteiger partial charge in [0.15, 0.2) is 0 Å². The number of esters is 1.